The summed E-state index contributed by atoms with van der Waals surface area (Å²) in [6.07, 6.45) is 9.51. The summed E-state index contributed by atoms with van der Waals surface area (Å²) < 4.78 is 1.95. The monoisotopic (exact) mass is 370 g/mol. The maximum absolute atomic E-state index is 13.1. The zero-order chi connectivity index (χ0) is 18.8. The smallest absolute Gasteiger partial charge is 0.274 e. The van der Waals surface area contributed by atoms with Crippen LogP contribution in [0.15, 0.2) is 6.20 Å². The van der Waals surface area contributed by atoms with Crippen molar-refractivity contribution in [1.82, 2.24) is 30.1 Å². The molecule has 1 saturated heterocycles. The normalized spacial score (nSPS) is 20.1. The number of H-pyrrole nitrogens is 1. The van der Waals surface area contributed by atoms with Gasteiger partial charge in [-0.1, -0.05) is 19.1 Å². The molecule has 27 heavy (non-hydrogen) atoms. The van der Waals surface area contributed by atoms with Gasteiger partial charge < -0.3 is 4.90 Å². The molecule has 4 rings (SSSR count). The predicted molar refractivity (Wildman–Crippen MR) is 102 cm³/mol. The van der Waals surface area contributed by atoms with Gasteiger partial charge in [-0.2, -0.15) is 5.10 Å². The third kappa shape index (κ3) is 4.06. The molecule has 3 heterocycles. The Balaban J connectivity index is 1.40. The molecule has 2 aromatic rings. The summed E-state index contributed by atoms with van der Waals surface area (Å²) in [5.41, 5.74) is 4.03. The average molecular weight is 371 g/mol. The predicted octanol–water partition coefficient (Wildman–Crippen LogP) is 2.63. The lowest BCUT2D eigenvalue weighted by Crippen LogP contribution is -2.41. The third-order valence-corrected chi connectivity index (χ3v) is 5.71. The molecule has 1 fully saturated rings. The first-order valence-corrected chi connectivity index (χ1v) is 10.3. The molecule has 0 radical (unpaired) electrons. The van der Waals surface area contributed by atoms with Gasteiger partial charge in [-0.25, -0.2) is 0 Å². The molecule has 0 spiro atoms. The molecule has 7 heteroatoms. The fourth-order valence-electron chi connectivity index (χ4n) is 4.41. The first-order chi connectivity index (χ1) is 13.1. The Morgan fingerprint density at radius 2 is 2.15 bits per heavy atom. The minimum absolute atomic E-state index is 0.0955. The van der Waals surface area contributed by atoms with E-state index in [9.17, 15) is 4.79 Å². The van der Waals surface area contributed by atoms with Gasteiger partial charge in [0.2, 0.25) is 0 Å². The Morgan fingerprint density at radius 1 is 1.30 bits per heavy atom. The largest absolute Gasteiger partial charge is 0.337 e. The molecule has 1 aliphatic carbocycles. The standard InChI is InChI=1S/C20H30N6O/c1-14(2)10-16-13-26(24-21-16)12-15-6-5-9-25(11-15)20(27)19-17-7-3-4-8-18(17)22-23-19/h13-15H,3-12H2,1-2H3,(H,22,23). The quantitative estimate of drug-likeness (QED) is 0.877. The van der Waals surface area contributed by atoms with E-state index in [2.05, 4.69) is 40.6 Å². The highest BCUT2D eigenvalue weighted by Gasteiger charge is 2.29. The Hall–Kier alpha value is -2.18. The number of aryl methyl sites for hydroxylation is 1. The van der Waals surface area contributed by atoms with Crippen molar-refractivity contribution in [3.05, 3.63) is 28.8 Å². The molecule has 1 aliphatic heterocycles. The first-order valence-electron chi connectivity index (χ1n) is 10.3. The molecule has 1 N–H and O–H groups in total. The average Bonchev–Trinajstić information content (AvgIpc) is 3.27. The minimum Gasteiger partial charge on any atom is -0.337 e. The highest BCUT2D eigenvalue weighted by molar-refractivity contribution is 5.94. The van der Waals surface area contributed by atoms with Crippen molar-refractivity contribution < 1.29 is 4.79 Å². The number of carbonyl (C=O) groups excluding carboxylic acids is 1. The maximum Gasteiger partial charge on any atom is 0.274 e. The number of likely N-dealkylation sites (tertiary alicyclic amines) is 1. The van der Waals surface area contributed by atoms with Gasteiger partial charge in [-0.15, -0.1) is 5.10 Å². The van der Waals surface area contributed by atoms with Crippen LogP contribution in [0.25, 0.3) is 0 Å². The van der Waals surface area contributed by atoms with E-state index in [0.29, 0.717) is 17.5 Å². The number of nitrogens with zero attached hydrogens (tertiary/aromatic N) is 5. The van der Waals surface area contributed by atoms with E-state index in [1.807, 2.05) is 9.58 Å². The lowest BCUT2D eigenvalue weighted by molar-refractivity contribution is 0.0652. The number of nitrogens with one attached hydrogen (secondary N) is 1. The number of hydrogen-bond acceptors (Lipinski definition) is 4. The molecule has 2 aliphatic rings. The second-order valence-electron chi connectivity index (χ2n) is 8.53. The summed E-state index contributed by atoms with van der Waals surface area (Å²) in [7, 11) is 0. The Bertz CT molecular complexity index is 792. The molecule has 1 amide bonds. The molecule has 0 bridgehead atoms. The third-order valence-electron chi connectivity index (χ3n) is 5.71. The van der Waals surface area contributed by atoms with Crippen molar-refractivity contribution >= 4 is 5.91 Å². The number of hydrogen-bond donors (Lipinski definition) is 1. The van der Waals surface area contributed by atoms with Crippen LogP contribution in [0.3, 0.4) is 0 Å². The first kappa shape index (κ1) is 18.2. The van der Waals surface area contributed by atoms with Gasteiger partial charge in [0.1, 0.15) is 0 Å². The number of fused-ring (bicyclic) bond motifs is 1. The maximum atomic E-state index is 13.1. The summed E-state index contributed by atoms with van der Waals surface area (Å²) in [5.74, 6) is 1.10. The molecule has 1 atom stereocenters. The van der Waals surface area contributed by atoms with Crippen LogP contribution in [0, 0.1) is 11.8 Å². The molecular weight excluding hydrogens is 340 g/mol. The van der Waals surface area contributed by atoms with E-state index in [-0.39, 0.29) is 5.91 Å². The van der Waals surface area contributed by atoms with E-state index < -0.39 is 0 Å². The summed E-state index contributed by atoms with van der Waals surface area (Å²) in [4.78, 5) is 15.1. The molecule has 0 saturated carbocycles. The number of aromatic nitrogens is 5. The molecule has 1 unspecified atom stereocenters. The summed E-state index contributed by atoms with van der Waals surface area (Å²) in [5, 5.41) is 16.0. The van der Waals surface area contributed by atoms with Gasteiger partial charge in [0.05, 0.1) is 5.69 Å². The van der Waals surface area contributed by atoms with Crippen molar-refractivity contribution in [2.45, 2.75) is 65.3 Å². The number of carbonyl (C=O) groups is 1. The van der Waals surface area contributed by atoms with Crippen LogP contribution in [0.5, 0.6) is 0 Å². The number of rotatable bonds is 5. The van der Waals surface area contributed by atoms with Crippen molar-refractivity contribution in [3.63, 3.8) is 0 Å². The van der Waals surface area contributed by atoms with Gasteiger partial charge in [-0.05, 0) is 56.8 Å². The highest BCUT2D eigenvalue weighted by atomic mass is 16.2. The van der Waals surface area contributed by atoms with Gasteiger partial charge in [-0.3, -0.25) is 14.6 Å². The summed E-state index contributed by atoms with van der Waals surface area (Å²) in [6, 6.07) is 0. The lowest BCUT2D eigenvalue weighted by Gasteiger charge is -2.32. The van der Waals surface area contributed by atoms with Crippen molar-refractivity contribution in [2.24, 2.45) is 11.8 Å². The van der Waals surface area contributed by atoms with Gasteiger partial charge >= 0.3 is 0 Å². The number of aromatic amines is 1. The molecule has 146 valence electrons. The second kappa shape index (κ2) is 7.82. The van der Waals surface area contributed by atoms with E-state index >= 15 is 0 Å². The Morgan fingerprint density at radius 3 is 3.00 bits per heavy atom. The Kier molecular flexibility index (Phi) is 5.27. The molecule has 0 aromatic carbocycles. The van der Waals surface area contributed by atoms with E-state index in [1.165, 1.54) is 12.1 Å². The van der Waals surface area contributed by atoms with Crippen LogP contribution in [-0.4, -0.2) is 49.1 Å². The van der Waals surface area contributed by atoms with Crippen LogP contribution in [-0.2, 0) is 25.8 Å². The zero-order valence-corrected chi connectivity index (χ0v) is 16.4. The van der Waals surface area contributed by atoms with E-state index in [1.54, 1.807) is 0 Å². The van der Waals surface area contributed by atoms with E-state index in [4.69, 9.17) is 0 Å². The molecule has 2 aromatic heterocycles. The van der Waals surface area contributed by atoms with Crippen LogP contribution < -0.4 is 0 Å². The van der Waals surface area contributed by atoms with Crippen LogP contribution in [0.4, 0.5) is 0 Å². The Labute approximate surface area is 160 Å². The van der Waals surface area contributed by atoms with Gasteiger partial charge in [0.25, 0.3) is 5.91 Å². The van der Waals surface area contributed by atoms with Gasteiger partial charge in [0.15, 0.2) is 5.69 Å². The second-order valence-corrected chi connectivity index (χ2v) is 8.53. The number of piperidine rings is 1. The lowest BCUT2D eigenvalue weighted by atomic mass is 9.94. The SMILES string of the molecule is CC(C)Cc1cn(CC2CCCN(C(=O)c3n[nH]c4c3CCCC4)C2)nn1. The van der Waals surface area contributed by atoms with Crippen molar-refractivity contribution in [1.29, 1.82) is 0 Å². The fourth-order valence-corrected chi connectivity index (χ4v) is 4.41. The number of amides is 1. The van der Waals surface area contributed by atoms with E-state index in [0.717, 1.165) is 69.4 Å². The minimum atomic E-state index is 0.0955. The van der Waals surface area contributed by atoms with Crippen LogP contribution >= 0.6 is 0 Å². The molecule has 7 nitrogen and oxygen atoms in total. The summed E-state index contributed by atoms with van der Waals surface area (Å²) in [6.45, 7) is 6.81. The van der Waals surface area contributed by atoms with Crippen LogP contribution in [0.1, 0.15) is 67.0 Å². The topological polar surface area (TPSA) is 79.7 Å². The summed E-state index contributed by atoms with van der Waals surface area (Å²) >= 11 is 0. The van der Waals surface area contributed by atoms with Gasteiger partial charge in [0, 0.05) is 37.1 Å². The zero-order valence-electron chi connectivity index (χ0n) is 16.4. The highest BCUT2D eigenvalue weighted by Crippen LogP contribution is 2.25. The van der Waals surface area contributed by atoms with Crippen LogP contribution in [0.2, 0.25) is 0 Å². The molecular formula is C20H30N6O. The fraction of sp³-hybridized carbons (Fsp3) is 0.700. The van der Waals surface area contributed by atoms with Crippen molar-refractivity contribution in [3.8, 4) is 0 Å². The van der Waals surface area contributed by atoms with Crippen molar-refractivity contribution in [2.75, 3.05) is 13.1 Å².